The van der Waals surface area contributed by atoms with E-state index < -0.39 is 44.1 Å². The quantitative estimate of drug-likeness (QED) is 0.650. The third kappa shape index (κ3) is 4.66. The molecule has 0 radical (unpaired) electrons. The average Bonchev–Trinajstić information content (AvgIpc) is 2.47. The van der Waals surface area contributed by atoms with E-state index in [1.807, 2.05) is 4.72 Å². The van der Waals surface area contributed by atoms with Gasteiger partial charge in [-0.05, 0) is 52.3 Å². The SMILES string of the molecule is O=S(=O)(Nc1cc(C(F)(F)F)ccc1Br)c1cccc(C(F)(F)F)c1. The van der Waals surface area contributed by atoms with Crippen LogP contribution in [0.1, 0.15) is 11.1 Å². The molecule has 0 heterocycles. The molecule has 0 bridgehead atoms. The van der Waals surface area contributed by atoms with Crippen LogP contribution in [-0.2, 0) is 22.4 Å². The summed E-state index contributed by atoms with van der Waals surface area (Å²) in [5.41, 5.74) is -2.76. The second-order valence-corrected chi connectivity index (χ2v) is 7.36. The van der Waals surface area contributed by atoms with Gasteiger partial charge in [0.1, 0.15) is 0 Å². The van der Waals surface area contributed by atoms with Crippen molar-refractivity contribution in [3.8, 4) is 0 Å². The fraction of sp³-hybridized carbons (Fsp3) is 0.143. The van der Waals surface area contributed by atoms with E-state index in [9.17, 15) is 34.8 Å². The highest BCUT2D eigenvalue weighted by molar-refractivity contribution is 9.10. The molecule has 0 fully saturated rings. The first-order chi connectivity index (χ1) is 11.3. The molecule has 0 unspecified atom stereocenters. The lowest BCUT2D eigenvalue weighted by Gasteiger charge is -2.14. The summed E-state index contributed by atoms with van der Waals surface area (Å²) >= 11 is 2.89. The van der Waals surface area contributed by atoms with E-state index >= 15 is 0 Å². The number of alkyl halides is 6. The van der Waals surface area contributed by atoms with Crippen molar-refractivity contribution < 1.29 is 34.8 Å². The fourth-order valence-electron chi connectivity index (χ4n) is 1.82. The Kier molecular flexibility index (Phi) is 5.11. The van der Waals surface area contributed by atoms with Gasteiger partial charge in [-0.15, -0.1) is 0 Å². The molecule has 0 aromatic heterocycles. The molecule has 2 aromatic rings. The summed E-state index contributed by atoms with van der Waals surface area (Å²) in [4.78, 5) is -0.730. The van der Waals surface area contributed by atoms with Gasteiger partial charge >= 0.3 is 12.4 Å². The molecule has 0 aliphatic carbocycles. The Labute approximate surface area is 146 Å². The van der Waals surface area contributed by atoms with E-state index in [-0.39, 0.29) is 4.47 Å². The maximum absolute atomic E-state index is 12.7. The maximum Gasteiger partial charge on any atom is 0.416 e. The van der Waals surface area contributed by atoms with Crippen molar-refractivity contribution in [1.82, 2.24) is 0 Å². The Morgan fingerprint density at radius 3 is 1.96 bits per heavy atom. The van der Waals surface area contributed by atoms with E-state index in [1.165, 1.54) is 0 Å². The normalized spacial score (nSPS) is 12.9. The Morgan fingerprint density at radius 1 is 0.840 bits per heavy atom. The largest absolute Gasteiger partial charge is 0.416 e. The molecule has 0 aliphatic heterocycles. The summed E-state index contributed by atoms with van der Waals surface area (Å²) in [6.45, 7) is 0. The summed E-state index contributed by atoms with van der Waals surface area (Å²) < 4.78 is 102. The molecule has 0 spiro atoms. The second kappa shape index (κ2) is 6.52. The van der Waals surface area contributed by atoms with Crippen LogP contribution < -0.4 is 4.72 Å². The molecule has 0 aliphatic rings. The van der Waals surface area contributed by atoms with E-state index in [0.717, 1.165) is 24.3 Å². The van der Waals surface area contributed by atoms with Gasteiger partial charge in [-0.3, -0.25) is 4.72 Å². The van der Waals surface area contributed by atoms with Gasteiger partial charge in [0.05, 0.1) is 21.7 Å². The summed E-state index contributed by atoms with van der Waals surface area (Å²) in [7, 11) is -4.53. The minimum Gasteiger partial charge on any atom is -0.278 e. The molecule has 136 valence electrons. The first-order valence-electron chi connectivity index (χ1n) is 6.37. The van der Waals surface area contributed by atoms with Crippen molar-refractivity contribution in [3.63, 3.8) is 0 Å². The summed E-state index contributed by atoms with van der Waals surface area (Å²) in [6, 6.07) is 5.11. The van der Waals surface area contributed by atoms with Crippen molar-refractivity contribution in [2.75, 3.05) is 4.72 Å². The molecule has 2 rings (SSSR count). The molecule has 0 atom stereocenters. The van der Waals surface area contributed by atoms with Crippen LogP contribution in [0, 0.1) is 0 Å². The number of hydrogen-bond acceptors (Lipinski definition) is 2. The molecule has 0 amide bonds. The number of rotatable bonds is 3. The van der Waals surface area contributed by atoms with Crippen LogP contribution in [0.15, 0.2) is 51.8 Å². The Bertz CT molecular complexity index is 893. The van der Waals surface area contributed by atoms with Gasteiger partial charge in [-0.1, -0.05) is 6.07 Å². The third-order valence-corrected chi connectivity index (χ3v) is 5.06. The minimum absolute atomic E-state index is 0.00366. The van der Waals surface area contributed by atoms with Crippen LogP contribution in [0.25, 0.3) is 0 Å². The van der Waals surface area contributed by atoms with E-state index in [1.54, 1.807) is 0 Å². The number of sulfonamides is 1. The van der Waals surface area contributed by atoms with E-state index in [4.69, 9.17) is 0 Å². The molecule has 3 nitrogen and oxygen atoms in total. The van der Waals surface area contributed by atoms with Crippen molar-refractivity contribution in [2.45, 2.75) is 17.2 Å². The third-order valence-electron chi connectivity index (χ3n) is 3.01. The average molecular weight is 448 g/mol. The highest BCUT2D eigenvalue weighted by Crippen LogP contribution is 2.35. The molecule has 0 saturated carbocycles. The van der Waals surface area contributed by atoms with Crippen molar-refractivity contribution in [3.05, 3.63) is 58.1 Å². The van der Waals surface area contributed by atoms with Gasteiger partial charge in [0.25, 0.3) is 10.0 Å². The highest BCUT2D eigenvalue weighted by Gasteiger charge is 2.33. The van der Waals surface area contributed by atoms with Crippen molar-refractivity contribution >= 4 is 31.6 Å². The zero-order chi connectivity index (χ0) is 19.0. The van der Waals surface area contributed by atoms with Gasteiger partial charge in [0.2, 0.25) is 0 Å². The molecular weight excluding hydrogens is 440 g/mol. The summed E-state index contributed by atoms with van der Waals surface area (Å²) in [6.07, 6.45) is -9.47. The Morgan fingerprint density at radius 2 is 1.40 bits per heavy atom. The number of benzene rings is 2. The number of anilines is 1. The zero-order valence-electron chi connectivity index (χ0n) is 11.9. The van der Waals surface area contributed by atoms with Gasteiger partial charge in [0, 0.05) is 4.47 Å². The first kappa shape index (κ1) is 19.6. The number of hydrogen-bond donors (Lipinski definition) is 1. The van der Waals surface area contributed by atoms with Gasteiger partial charge in [-0.25, -0.2) is 8.42 Å². The lowest BCUT2D eigenvalue weighted by atomic mass is 10.2. The van der Waals surface area contributed by atoms with Crippen LogP contribution >= 0.6 is 15.9 Å². The topological polar surface area (TPSA) is 46.2 Å². The predicted molar refractivity (Wildman–Crippen MR) is 81.4 cm³/mol. The van der Waals surface area contributed by atoms with E-state index in [0.29, 0.717) is 18.2 Å². The number of nitrogens with one attached hydrogen (secondary N) is 1. The maximum atomic E-state index is 12.7. The Balaban J connectivity index is 2.43. The number of halogens is 7. The molecule has 0 saturated heterocycles. The molecule has 2 aromatic carbocycles. The van der Waals surface area contributed by atoms with Gasteiger partial charge in [0.15, 0.2) is 0 Å². The van der Waals surface area contributed by atoms with Crippen LogP contribution in [0.2, 0.25) is 0 Å². The predicted octanol–water partition coefficient (Wildman–Crippen LogP) is 5.29. The molecular formula is C14H8BrF6NO2S. The smallest absolute Gasteiger partial charge is 0.278 e. The second-order valence-electron chi connectivity index (χ2n) is 4.82. The van der Waals surface area contributed by atoms with Crippen LogP contribution in [0.4, 0.5) is 32.0 Å². The molecule has 1 N–H and O–H groups in total. The zero-order valence-corrected chi connectivity index (χ0v) is 14.3. The molecule has 25 heavy (non-hydrogen) atoms. The highest BCUT2D eigenvalue weighted by atomic mass is 79.9. The fourth-order valence-corrected chi connectivity index (χ4v) is 3.42. The lowest BCUT2D eigenvalue weighted by molar-refractivity contribution is -0.138. The minimum atomic E-state index is -4.76. The summed E-state index contributed by atoms with van der Waals surface area (Å²) in [5, 5.41) is 0. The van der Waals surface area contributed by atoms with Crippen LogP contribution in [-0.4, -0.2) is 8.42 Å². The first-order valence-corrected chi connectivity index (χ1v) is 8.65. The van der Waals surface area contributed by atoms with Gasteiger partial charge < -0.3 is 0 Å². The van der Waals surface area contributed by atoms with Crippen LogP contribution in [0.5, 0.6) is 0 Å². The monoisotopic (exact) mass is 447 g/mol. The standard InChI is InChI=1S/C14H8BrF6NO2S/c15-11-5-4-9(14(19,20)21)7-12(11)22-25(23,24)10-3-1-2-8(6-10)13(16,17)18/h1-7,22H. The van der Waals surface area contributed by atoms with E-state index in [2.05, 4.69) is 15.9 Å². The lowest BCUT2D eigenvalue weighted by Crippen LogP contribution is -2.15. The Hall–Kier alpha value is -1.75. The molecule has 11 heteroatoms. The van der Waals surface area contributed by atoms with Crippen LogP contribution in [0.3, 0.4) is 0 Å². The van der Waals surface area contributed by atoms with Gasteiger partial charge in [-0.2, -0.15) is 26.3 Å². The van der Waals surface area contributed by atoms with Crippen molar-refractivity contribution in [1.29, 1.82) is 0 Å². The van der Waals surface area contributed by atoms with Crippen molar-refractivity contribution in [2.24, 2.45) is 0 Å². The summed E-state index contributed by atoms with van der Waals surface area (Å²) in [5.74, 6) is 0.